The lowest BCUT2D eigenvalue weighted by molar-refractivity contribution is -0.129. The van der Waals surface area contributed by atoms with E-state index in [1.54, 1.807) is 6.08 Å². The third-order valence-electron chi connectivity index (χ3n) is 5.06. The molecule has 0 amide bonds. The SMILES string of the molecule is Cc1oc(-c2ccccc2)nc1COc1ccc(CON=C(C=Cc2ccccc2)C(=O)O)cc1. The van der Waals surface area contributed by atoms with Gasteiger partial charge in [0.25, 0.3) is 0 Å². The summed E-state index contributed by atoms with van der Waals surface area (Å²) in [7, 11) is 0. The number of hydrogen-bond donors (Lipinski definition) is 1. The molecule has 3 aromatic carbocycles. The largest absolute Gasteiger partial charge is 0.487 e. The monoisotopic (exact) mass is 468 g/mol. The molecule has 176 valence electrons. The van der Waals surface area contributed by atoms with Crippen LogP contribution in [0.15, 0.2) is 101 Å². The molecule has 0 bridgehead atoms. The minimum absolute atomic E-state index is 0.124. The van der Waals surface area contributed by atoms with Crippen molar-refractivity contribution in [2.75, 3.05) is 0 Å². The molecule has 35 heavy (non-hydrogen) atoms. The molecule has 7 heteroatoms. The molecule has 0 aliphatic carbocycles. The number of aliphatic carboxylic acids is 1. The standard InChI is InChI=1S/C28H24N2O5/c1-20-26(29-27(35-20)23-10-6-3-7-11-23)19-33-24-15-12-22(13-16-24)18-34-30-25(28(31)32)17-14-21-8-4-2-5-9-21/h2-17H,18-19H2,1H3,(H,31,32). The van der Waals surface area contributed by atoms with Crippen molar-refractivity contribution in [3.63, 3.8) is 0 Å². The van der Waals surface area contributed by atoms with Crippen LogP contribution < -0.4 is 4.74 Å². The summed E-state index contributed by atoms with van der Waals surface area (Å²) in [5, 5.41) is 13.1. The maximum atomic E-state index is 11.4. The van der Waals surface area contributed by atoms with Crippen molar-refractivity contribution in [1.29, 1.82) is 0 Å². The third kappa shape index (κ3) is 6.68. The van der Waals surface area contributed by atoms with Gasteiger partial charge < -0.3 is 19.1 Å². The van der Waals surface area contributed by atoms with Crippen molar-refractivity contribution in [2.24, 2.45) is 5.16 Å². The zero-order valence-electron chi connectivity index (χ0n) is 19.1. The van der Waals surface area contributed by atoms with Crippen LogP contribution in [-0.2, 0) is 22.8 Å². The van der Waals surface area contributed by atoms with Gasteiger partial charge in [-0.05, 0) is 48.4 Å². The number of ether oxygens (including phenoxy) is 1. The molecule has 0 atom stereocenters. The van der Waals surface area contributed by atoms with Crippen LogP contribution in [0.4, 0.5) is 0 Å². The molecule has 0 aliphatic heterocycles. The predicted octanol–water partition coefficient (Wildman–Crippen LogP) is 5.90. The van der Waals surface area contributed by atoms with Crippen molar-refractivity contribution >= 4 is 17.8 Å². The average molecular weight is 469 g/mol. The van der Waals surface area contributed by atoms with E-state index in [4.69, 9.17) is 14.0 Å². The normalized spacial score (nSPS) is 11.5. The molecule has 7 nitrogen and oxygen atoms in total. The van der Waals surface area contributed by atoms with Gasteiger partial charge in [-0.15, -0.1) is 0 Å². The molecule has 1 N–H and O–H groups in total. The van der Waals surface area contributed by atoms with E-state index in [9.17, 15) is 9.90 Å². The Morgan fingerprint density at radius 2 is 1.66 bits per heavy atom. The second kappa shape index (κ2) is 11.5. The third-order valence-corrected chi connectivity index (χ3v) is 5.06. The lowest BCUT2D eigenvalue weighted by atomic mass is 10.2. The van der Waals surface area contributed by atoms with Gasteiger partial charge in [-0.2, -0.15) is 0 Å². The molecule has 4 rings (SSSR count). The number of aromatic nitrogens is 1. The lowest BCUT2D eigenvalue weighted by Gasteiger charge is -2.06. The second-order valence-corrected chi connectivity index (χ2v) is 7.62. The molecule has 0 fully saturated rings. The van der Waals surface area contributed by atoms with Gasteiger partial charge in [-0.1, -0.05) is 71.9 Å². The van der Waals surface area contributed by atoms with Crippen molar-refractivity contribution in [3.05, 3.63) is 114 Å². The van der Waals surface area contributed by atoms with Gasteiger partial charge in [-0.25, -0.2) is 9.78 Å². The maximum absolute atomic E-state index is 11.4. The number of benzene rings is 3. The Labute approximate surface area is 203 Å². The van der Waals surface area contributed by atoms with Gasteiger partial charge in [0.05, 0.1) is 0 Å². The highest BCUT2D eigenvalue weighted by Gasteiger charge is 2.12. The number of carboxylic acids is 1. The van der Waals surface area contributed by atoms with E-state index in [0.717, 1.165) is 22.4 Å². The first-order valence-corrected chi connectivity index (χ1v) is 11.0. The highest BCUT2D eigenvalue weighted by molar-refractivity contribution is 6.41. The number of aryl methyl sites for hydroxylation is 1. The first-order valence-electron chi connectivity index (χ1n) is 11.0. The molecular weight excluding hydrogens is 444 g/mol. The minimum atomic E-state index is -1.17. The quantitative estimate of drug-likeness (QED) is 0.230. The Morgan fingerprint density at radius 3 is 2.34 bits per heavy atom. The summed E-state index contributed by atoms with van der Waals surface area (Å²) in [5.74, 6) is 0.772. The zero-order chi connectivity index (χ0) is 24.5. The Kier molecular flexibility index (Phi) is 7.70. The predicted molar refractivity (Wildman–Crippen MR) is 133 cm³/mol. The van der Waals surface area contributed by atoms with Gasteiger partial charge in [0.2, 0.25) is 5.89 Å². The summed E-state index contributed by atoms with van der Waals surface area (Å²) in [6, 6.07) is 26.3. The molecule has 0 aliphatic rings. The van der Waals surface area contributed by atoms with Crippen LogP contribution in [0.25, 0.3) is 17.5 Å². The summed E-state index contributed by atoms with van der Waals surface area (Å²) in [4.78, 5) is 21.2. The van der Waals surface area contributed by atoms with Crippen LogP contribution >= 0.6 is 0 Å². The number of nitrogens with zero attached hydrogens (tertiary/aromatic N) is 2. The summed E-state index contributed by atoms with van der Waals surface area (Å²) in [6.45, 7) is 2.26. The summed E-state index contributed by atoms with van der Waals surface area (Å²) < 4.78 is 11.6. The topological polar surface area (TPSA) is 94.2 Å². The van der Waals surface area contributed by atoms with Crippen molar-refractivity contribution in [3.8, 4) is 17.2 Å². The van der Waals surface area contributed by atoms with E-state index in [2.05, 4.69) is 10.1 Å². The highest BCUT2D eigenvalue weighted by Crippen LogP contribution is 2.23. The van der Waals surface area contributed by atoms with E-state index in [1.807, 2.05) is 91.9 Å². The Bertz CT molecular complexity index is 1310. The van der Waals surface area contributed by atoms with E-state index in [0.29, 0.717) is 17.4 Å². The molecule has 1 heterocycles. The number of rotatable bonds is 10. The first kappa shape index (κ1) is 23.5. The maximum Gasteiger partial charge on any atom is 0.357 e. The molecule has 0 radical (unpaired) electrons. The number of oxime groups is 1. The van der Waals surface area contributed by atoms with Crippen molar-refractivity contribution in [1.82, 2.24) is 4.98 Å². The smallest absolute Gasteiger partial charge is 0.357 e. The summed E-state index contributed by atoms with van der Waals surface area (Å²) >= 11 is 0. The highest BCUT2D eigenvalue weighted by atomic mass is 16.6. The lowest BCUT2D eigenvalue weighted by Crippen LogP contribution is -2.10. The fourth-order valence-corrected chi connectivity index (χ4v) is 3.16. The first-order chi connectivity index (χ1) is 17.1. The number of oxazole rings is 1. The molecular formula is C28H24N2O5. The molecule has 1 aromatic heterocycles. The molecule has 0 saturated carbocycles. The van der Waals surface area contributed by atoms with Crippen molar-refractivity contribution in [2.45, 2.75) is 20.1 Å². The minimum Gasteiger partial charge on any atom is -0.487 e. The number of hydrogen-bond acceptors (Lipinski definition) is 6. The van der Waals surface area contributed by atoms with E-state index in [-0.39, 0.29) is 18.9 Å². The van der Waals surface area contributed by atoms with Crippen LogP contribution in [-0.4, -0.2) is 21.8 Å². The molecule has 0 saturated heterocycles. The fraction of sp³-hybridized carbons (Fsp3) is 0.107. The van der Waals surface area contributed by atoms with Gasteiger partial charge in [0.15, 0.2) is 5.71 Å². The summed E-state index contributed by atoms with van der Waals surface area (Å²) in [5.41, 5.74) is 3.15. The molecule has 0 unspecified atom stereocenters. The molecule has 0 spiro atoms. The summed E-state index contributed by atoms with van der Waals surface area (Å²) in [6.07, 6.45) is 3.07. The van der Waals surface area contributed by atoms with Crippen LogP contribution in [0.5, 0.6) is 5.75 Å². The number of carbonyl (C=O) groups is 1. The molecule has 4 aromatic rings. The van der Waals surface area contributed by atoms with Gasteiger partial charge in [0, 0.05) is 5.56 Å². The Morgan fingerprint density at radius 1 is 0.971 bits per heavy atom. The Balaban J connectivity index is 1.31. The van der Waals surface area contributed by atoms with Gasteiger partial charge >= 0.3 is 5.97 Å². The van der Waals surface area contributed by atoms with Crippen molar-refractivity contribution < 1.29 is 23.9 Å². The fourth-order valence-electron chi connectivity index (χ4n) is 3.16. The van der Waals surface area contributed by atoms with Gasteiger partial charge in [0.1, 0.15) is 30.4 Å². The van der Waals surface area contributed by atoms with Gasteiger partial charge in [-0.3, -0.25) is 0 Å². The van der Waals surface area contributed by atoms with Crippen LogP contribution in [0, 0.1) is 6.92 Å². The van der Waals surface area contributed by atoms with Crippen LogP contribution in [0.1, 0.15) is 22.6 Å². The second-order valence-electron chi connectivity index (χ2n) is 7.62. The van der Waals surface area contributed by atoms with E-state index in [1.165, 1.54) is 6.08 Å². The van der Waals surface area contributed by atoms with Crippen LogP contribution in [0.2, 0.25) is 0 Å². The van der Waals surface area contributed by atoms with E-state index < -0.39 is 5.97 Å². The van der Waals surface area contributed by atoms with E-state index >= 15 is 0 Å². The Hall–Kier alpha value is -4.65. The zero-order valence-corrected chi connectivity index (χ0v) is 19.1. The average Bonchev–Trinajstić information content (AvgIpc) is 3.27. The number of carboxylic acid groups (broad SMARTS) is 1. The van der Waals surface area contributed by atoms with Crippen LogP contribution in [0.3, 0.4) is 0 Å².